The monoisotopic (exact) mass is 299 g/mol. The maximum absolute atomic E-state index is 12.9. The van der Waals surface area contributed by atoms with Crippen molar-refractivity contribution in [1.82, 2.24) is 0 Å². The Morgan fingerprint density at radius 3 is 2.36 bits per heavy atom. The van der Waals surface area contributed by atoms with Crippen LogP contribution in [0.5, 0.6) is 5.75 Å². The largest absolute Gasteiger partial charge is 0.507 e. The lowest BCUT2D eigenvalue weighted by Gasteiger charge is -2.09. The van der Waals surface area contributed by atoms with Crippen LogP contribution in [0.25, 0.3) is 5.70 Å². The zero-order valence-electron chi connectivity index (χ0n) is 11.5. The molecule has 0 aliphatic rings. The number of aromatic hydroxyl groups is 1. The lowest BCUT2D eigenvalue weighted by Crippen LogP contribution is -2.15. The molecule has 22 heavy (non-hydrogen) atoms. The summed E-state index contributed by atoms with van der Waals surface area (Å²) in [7, 11) is 0. The van der Waals surface area contributed by atoms with Crippen LogP contribution in [0.3, 0.4) is 0 Å². The molecule has 6 heteroatoms. The Hall–Kier alpha value is -3.15. The molecule has 0 saturated carbocycles. The highest BCUT2D eigenvalue weighted by Crippen LogP contribution is 2.24. The van der Waals surface area contributed by atoms with E-state index in [9.17, 15) is 14.3 Å². The van der Waals surface area contributed by atoms with Gasteiger partial charge in [0, 0.05) is 11.3 Å². The van der Waals surface area contributed by atoms with Crippen LogP contribution in [0.4, 0.5) is 4.39 Å². The summed E-state index contributed by atoms with van der Waals surface area (Å²) in [5.74, 6) is -1.51. The molecule has 5 nitrogen and oxygen atoms in total. The van der Waals surface area contributed by atoms with Crippen molar-refractivity contribution in [2.75, 3.05) is 0 Å². The van der Waals surface area contributed by atoms with Crippen molar-refractivity contribution in [2.45, 2.75) is 0 Å². The van der Waals surface area contributed by atoms with Crippen LogP contribution >= 0.6 is 0 Å². The molecule has 0 fully saturated rings. The van der Waals surface area contributed by atoms with Crippen LogP contribution in [-0.2, 0) is 0 Å². The molecule has 0 saturated heterocycles. The highest BCUT2D eigenvalue weighted by Gasteiger charge is 2.15. The highest BCUT2D eigenvalue weighted by molar-refractivity contribution is 6.11. The van der Waals surface area contributed by atoms with Gasteiger partial charge < -0.3 is 22.0 Å². The van der Waals surface area contributed by atoms with Gasteiger partial charge in [0.15, 0.2) is 0 Å². The second kappa shape index (κ2) is 6.09. The fourth-order valence-electron chi connectivity index (χ4n) is 1.99. The minimum atomic E-state index is -0.822. The van der Waals surface area contributed by atoms with E-state index in [1.54, 1.807) is 0 Å². The van der Waals surface area contributed by atoms with Gasteiger partial charge in [-0.25, -0.2) is 4.39 Å². The molecule has 6 N–H and O–H groups in total. The van der Waals surface area contributed by atoms with Gasteiger partial charge in [0.1, 0.15) is 11.6 Å². The number of nitrogens with two attached hydrogens (primary N) is 2. The van der Waals surface area contributed by atoms with E-state index in [1.165, 1.54) is 48.5 Å². The third kappa shape index (κ3) is 3.12. The maximum Gasteiger partial charge on any atom is 0.253 e. The van der Waals surface area contributed by atoms with Gasteiger partial charge in [0.05, 0.1) is 11.3 Å². The fourth-order valence-corrected chi connectivity index (χ4v) is 1.99. The Bertz CT molecular complexity index is 767. The molecule has 2 aromatic carbocycles. The van der Waals surface area contributed by atoms with E-state index in [1.807, 2.05) is 0 Å². The molecule has 0 aromatic heterocycles. The first kappa shape index (κ1) is 15.2. The van der Waals surface area contributed by atoms with Gasteiger partial charge in [-0.15, -0.1) is 0 Å². The van der Waals surface area contributed by atoms with E-state index in [0.29, 0.717) is 5.56 Å². The Labute approximate surface area is 126 Å². The van der Waals surface area contributed by atoms with Crippen LogP contribution in [0, 0.1) is 11.2 Å². The first-order valence-electron chi connectivity index (χ1n) is 6.34. The average Bonchev–Trinajstić information content (AvgIpc) is 2.47. The number of carbonyl (C=O) groups is 1. The lowest BCUT2D eigenvalue weighted by molar-refractivity contribution is 0.0997. The van der Waals surface area contributed by atoms with E-state index < -0.39 is 11.7 Å². The molecule has 0 heterocycles. The zero-order chi connectivity index (χ0) is 16.3. The van der Waals surface area contributed by atoms with Crippen LogP contribution < -0.4 is 11.5 Å². The van der Waals surface area contributed by atoms with Crippen LogP contribution in [0.15, 0.2) is 48.5 Å². The number of rotatable bonds is 4. The molecule has 1 amide bonds. The van der Waals surface area contributed by atoms with Gasteiger partial charge in [0.2, 0.25) is 0 Å². The first-order valence-corrected chi connectivity index (χ1v) is 6.34. The predicted molar refractivity (Wildman–Crippen MR) is 82.0 cm³/mol. The van der Waals surface area contributed by atoms with Gasteiger partial charge in [-0.1, -0.05) is 12.1 Å². The van der Waals surface area contributed by atoms with Gasteiger partial charge in [-0.05, 0) is 42.0 Å². The number of benzene rings is 2. The number of hydrogen-bond donors (Lipinski definition) is 4. The Morgan fingerprint density at radius 1 is 1.14 bits per heavy atom. The van der Waals surface area contributed by atoms with Gasteiger partial charge in [-0.2, -0.15) is 0 Å². The van der Waals surface area contributed by atoms with Gasteiger partial charge in [-0.3, -0.25) is 4.79 Å². The number of allylic oxidation sites excluding steroid dienone is 1. The first-order chi connectivity index (χ1) is 10.4. The summed E-state index contributed by atoms with van der Waals surface area (Å²) in [6, 6.07) is 9.71. The Morgan fingerprint density at radius 2 is 1.77 bits per heavy atom. The molecule has 0 spiro atoms. The zero-order valence-corrected chi connectivity index (χ0v) is 11.5. The second-order valence-corrected chi connectivity index (χ2v) is 4.58. The summed E-state index contributed by atoms with van der Waals surface area (Å²) >= 11 is 0. The molecule has 0 radical (unpaired) electrons. The van der Waals surface area contributed by atoms with Crippen molar-refractivity contribution in [3.05, 3.63) is 71.0 Å². The van der Waals surface area contributed by atoms with E-state index in [-0.39, 0.29) is 28.3 Å². The summed E-state index contributed by atoms with van der Waals surface area (Å²) in [5, 5.41) is 17.7. The van der Waals surface area contributed by atoms with E-state index in [4.69, 9.17) is 16.9 Å². The third-order valence-corrected chi connectivity index (χ3v) is 3.05. The smallest absolute Gasteiger partial charge is 0.253 e. The van der Waals surface area contributed by atoms with Crippen LogP contribution in [-0.4, -0.2) is 16.7 Å². The number of phenols is 1. The summed E-state index contributed by atoms with van der Waals surface area (Å²) in [4.78, 5) is 11.4. The minimum absolute atomic E-state index is 0.0382. The molecular weight excluding hydrogens is 285 g/mol. The molecule has 0 aliphatic carbocycles. The molecule has 2 aromatic rings. The normalized spacial score (nSPS) is 11.2. The molecule has 112 valence electrons. The number of nitrogens with one attached hydrogen (secondary N) is 1. The fraction of sp³-hybridized carbons (Fsp3) is 0. The second-order valence-electron chi connectivity index (χ2n) is 4.58. The highest BCUT2D eigenvalue weighted by atomic mass is 19.1. The average molecular weight is 299 g/mol. The molecule has 0 atom stereocenters. The standard InChI is InChI=1S/C16H14FN3O2/c17-10-6-4-9(5-7-10)12(18)8-13(19)11-2-1-3-14(21)15(11)16(20)22/h1-8,18,21H,19H2,(H2,20,22). The molecule has 0 bridgehead atoms. The van der Waals surface area contributed by atoms with Crippen LogP contribution in [0.1, 0.15) is 21.5 Å². The summed E-state index contributed by atoms with van der Waals surface area (Å²) in [6.07, 6.45) is 1.31. The Kier molecular flexibility index (Phi) is 4.22. The van der Waals surface area contributed by atoms with Crippen molar-refractivity contribution in [3.63, 3.8) is 0 Å². The number of hydrogen-bond acceptors (Lipinski definition) is 4. The molecule has 0 unspecified atom stereocenters. The quantitative estimate of drug-likeness (QED) is 0.647. The topological polar surface area (TPSA) is 113 Å². The van der Waals surface area contributed by atoms with Crippen molar-refractivity contribution in [2.24, 2.45) is 11.5 Å². The number of carbonyl (C=O) groups excluding carboxylic acids is 1. The van der Waals surface area contributed by atoms with Crippen LogP contribution in [0.2, 0.25) is 0 Å². The van der Waals surface area contributed by atoms with E-state index in [2.05, 4.69) is 0 Å². The van der Waals surface area contributed by atoms with E-state index >= 15 is 0 Å². The minimum Gasteiger partial charge on any atom is -0.507 e. The van der Waals surface area contributed by atoms with Crippen molar-refractivity contribution >= 4 is 17.3 Å². The summed E-state index contributed by atoms with van der Waals surface area (Å²) in [5.41, 5.74) is 11.9. The van der Waals surface area contributed by atoms with E-state index in [0.717, 1.165) is 0 Å². The molecule has 2 rings (SSSR count). The van der Waals surface area contributed by atoms with Crippen molar-refractivity contribution in [1.29, 1.82) is 5.41 Å². The molecular formula is C16H14FN3O2. The summed E-state index contributed by atoms with van der Waals surface area (Å²) in [6.45, 7) is 0. The number of primary amides is 1. The molecule has 0 aliphatic heterocycles. The van der Waals surface area contributed by atoms with Gasteiger partial charge >= 0.3 is 0 Å². The lowest BCUT2D eigenvalue weighted by atomic mass is 10.0. The maximum atomic E-state index is 12.9. The van der Waals surface area contributed by atoms with Crippen molar-refractivity contribution < 1.29 is 14.3 Å². The number of halogens is 1. The predicted octanol–water partition coefficient (Wildman–Crippen LogP) is 2.00. The van der Waals surface area contributed by atoms with Gasteiger partial charge in [0.25, 0.3) is 5.91 Å². The SMILES string of the molecule is N=C(C=C(N)c1cccc(O)c1C(N)=O)c1ccc(F)cc1. The number of amides is 1. The van der Waals surface area contributed by atoms with Crippen molar-refractivity contribution in [3.8, 4) is 5.75 Å². The Balaban J connectivity index is 2.41. The summed E-state index contributed by atoms with van der Waals surface area (Å²) < 4.78 is 12.9. The third-order valence-electron chi connectivity index (χ3n) is 3.05.